The molecule has 4 rings (SSSR count). The Morgan fingerprint density at radius 3 is 2.59 bits per heavy atom. The summed E-state index contributed by atoms with van der Waals surface area (Å²) in [5.74, 6) is 1.26. The molecule has 0 radical (unpaired) electrons. The van der Waals surface area contributed by atoms with Gasteiger partial charge in [-0.15, -0.1) is 0 Å². The molecule has 0 amide bonds. The van der Waals surface area contributed by atoms with Crippen LogP contribution in [0, 0.1) is 6.92 Å². The first-order valence-corrected chi connectivity index (χ1v) is 12.4. The highest BCUT2D eigenvalue weighted by Gasteiger charge is 2.25. The van der Waals surface area contributed by atoms with Gasteiger partial charge in [-0.1, -0.05) is 50.3 Å². The number of fused-ring (bicyclic) bond motifs is 1. The lowest BCUT2D eigenvalue weighted by molar-refractivity contribution is 0.0408. The van der Waals surface area contributed by atoms with Crippen LogP contribution in [-0.2, 0) is 4.74 Å². The number of aromatic nitrogens is 1. The molecule has 1 unspecified atom stereocenters. The Morgan fingerprint density at radius 2 is 1.88 bits per heavy atom. The molecule has 4 heteroatoms. The number of benzene rings is 2. The maximum atomic E-state index is 9.12. The predicted molar refractivity (Wildman–Crippen MR) is 130 cm³/mol. The Morgan fingerprint density at radius 1 is 1.09 bits per heavy atom. The summed E-state index contributed by atoms with van der Waals surface area (Å²) in [4.78, 5) is 4.87. The molecule has 4 nitrogen and oxygen atoms in total. The van der Waals surface area contributed by atoms with E-state index in [0.717, 1.165) is 42.3 Å². The number of nitrogens with zero attached hydrogens (tertiary/aromatic N) is 1. The Balaban J connectivity index is 1.72. The van der Waals surface area contributed by atoms with Crippen molar-refractivity contribution < 1.29 is 14.3 Å². The minimum absolute atomic E-state index is 0.0629. The average Bonchev–Trinajstić information content (AvgIpc) is 3.24. The summed E-state index contributed by atoms with van der Waals surface area (Å²) in [7, 11) is 0. The van der Waals surface area contributed by atoms with Crippen LogP contribution in [0.5, 0.6) is 0 Å². The fourth-order valence-electron chi connectivity index (χ4n) is 4.90. The standard InChI is InChI=1S/C28H37NO3/c1-3-9-26(31-17-8-7-16-30)24-19-27-25(18-23(24)21-10-5-4-6-11-21)29-28(32-27)22-14-12-20(2)13-15-22/h12-15,18-19,21,26,30H,3-11,16-17H2,1-2H3. The van der Waals surface area contributed by atoms with Gasteiger partial charge in [0.2, 0.25) is 5.89 Å². The SMILES string of the molecule is CCCC(OCCCCO)c1cc2oc(-c3ccc(C)cc3)nc2cc1C1CCCCC1. The zero-order valence-corrected chi connectivity index (χ0v) is 19.6. The third-order valence-corrected chi connectivity index (χ3v) is 6.71. The van der Waals surface area contributed by atoms with Crippen LogP contribution in [0.25, 0.3) is 22.6 Å². The molecule has 1 aromatic heterocycles. The van der Waals surface area contributed by atoms with E-state index < -0.39 is 0 Å². The molecule has 0 spiro atoms. The molecule has 2 aromatic carbocycles. The minimum Gasteiger partial charge on any atom is -0.436 e. The van der Waals surface area contributed by atoms with Gasteiger partial charge in [-0.25, -0.2) is 4.98 Å². The van der Waals surface area contributed by atoms with Crippen LogP contribution in [0.3, 0.4) is 0 Å². The van der Waals surface area contributed by atoms with E-state index >= 15 is 0 Å². The van der Waals surface area contributed by atoms with Crippen LogP contribution < -0.4 is 0 Å². The summed E-state index contributed by atoms with van der Waals surface area (Å²) in [6.07, 6.45) is 10.2. The van der Waals surface area contributed by atoms with Crippen molar-refractivity contribution in [3.63, 3.8) is 0 Å². The van der Waals surface area contributed by atoms with Crippen molar-refractivity contribution in [2.45, 2.75) is 83.7 Å². The molecular weight excluding hydrogens is 398 g/mol. The van der Waals surface area contributed by atoms with Crippen molar-refractivity contribution in [3.05, 3.63) is 53.1 Å². The maximum absolute atomic E-state index is 9.12. The largest absolute Gasteiger partial charge is 0.436 e. The monoisotopic (exact) mass is 435 g/mol. The van der Waals surface area contributed by atoms with Crippen molar-refractivity contribution in [1.82, 2.24) is 4.98 Å². The Labute approximate surface area is 192 Å². The Hall–Kier alpha value is -2.17. The quantitative estimate of drug-likeness (QED) is 0.335. The van der Waals surface area contributed by atoms with E-state index in [2.05, 4.69) is 50.2 Å². The molecule has 0 bridgehead atoms. The van der Waals surface area contributed by atoms with Gasteiger partial charge >= 0.3 is 0 Å². The van der Waals surface area contributed by atoms with Crippen LogP contribution >= 0.6 is 0 Å². The summed E-state index contributed by atoms with van der Waals surface area (Å²) in [5, 5.41) is 9.12. The molecule has 1 atom stereocenters. The Bertz CT molecular complexity index is 986. The van der Waals surface area contributed by atoms with Crippen LogP contribution in [0.1, 0.15) is 93.4 Å². The number of aliphatic hydroxyl groups excluding tert-OH is 1. The van der Waals surface area contributed by atoms with Crippen molar-refractivity contribution in [1.29, 1.82) is 0 Å². The molecular formula is C28H37NO3. The van der Waals surface area contributed by atoms with E-state index in [-0.39, 0.29) is 12.7 Å². The molecule has 1 saturated carbocycles. The fourth-order valence-corrected chi connectivity index (χ4v) is 4.90. The highest BCUT2D eigenvalue weighted by molar-refractivity contribution is 5.78. The number of unbranched alkanes of at least 4 members (excludes halogenated alkanes) is 1. The van der Waals surface area contributed by atoms with Crippen molar-refractivity contribution in [3.8, 4) is 11.5 Å². The van der Waals surface area contributed by atoms with Gasteiger partial charge in [0.05, 0.1) is 6.10 Å². The van der Waals surface area contributed by atoms with Crippen LogP contribution in [0.15, 0.2) is 40.8 Å². The van der Waals surface area contributed by atoms with Gasteiger partial charge in [-0.05, 0) is 80.3 Å². The van der Waals surface area contributed by atoms with E-state index in [1.807, 2.05) is 0 Å². The fraction of sp³-hybridized carbons (Fsp3) is 0.536. The second-order valence-corrected chi connectivity index (χ2v) is 9.25. The predicted octanol–water partition coefficient (Wildman–Crippen LogP) is 7.48. The smallest absolute Gasteiger partial charge is 0.227 e. The number of aryl methyl sites for hydroxylation is 1. The third-order valence-electron chi connectivity index (χ3n) is 6.71. The maximum Gasteiger partial charge on any atom is 0.227 e. The van der Waals surface area contributed by atoms with Crippen molar-refractivity contribution in [2.75, 3.05) is 13.2 Å². The van der Waals surface area contributed by atoms with Gasteiger partial charge < -0.3 is 14.3 Å². The molecule has 172 valence electrons. The minimum atomic E-state index is 0.0629. The first kappa shape index (κ1) is 23.0. The van der Waals surface area contributed by atoms with Gasteiger partial charge in [0.15, 0.2) is 5.58 Å². The summed E-state index contributed by atoms with van der Waals surface area (Å²) in [6.45, 7) is 5.21. The average molecular weight is 436 g/mol. The van der Waals surface area contributed by atoms with Gasteiger partial charge in [0, 0.05) is 18.8 Å². The molecule has 32 heavy (non-hydrogen) atoms. The van der Waals surface area contributed by atoms with Crippen LogP contribution in [0.2, 0.25) is 0 Å². The van der Waals surface area contributed by atoms with Gasteiger partial charge in [0.1, 0.15) is 5.52 Å². The normalized spacial score (nSPS) is 16.0. The molecule has 3 aromatic rings. The second kappa shape index (κ2) is 11.1. The van der Waals surface area contributed by atoms with E-state index in [9.17, 15) is 0 Å². The number of oxazole rings is 1. The topological polar surface area (TPSA) is 55.5 Å². The van der Waals surface area contributed by atoms with Gasteiger partial charge in [-0.2, -0.15) is 0 Å². The van der Waals surface area contributed by atoms with E-state index in [1.54, 1.807) is 0 Å². The Kier molecular flexibility index (Phi) is 7.99. The van der Waals surface area contributed by atoms with E-state index in [1.165, 1.54) is 48.8 Å². The highest BCUT2D eigenvalue weighted by atomic mass is 16.5. The van der Waals surface area contributed by atoms with Gasteiger partial charge in [0.25, 0.3) is 0 Å². The molecule has 1 N–H and O–H groups in total. The van der Waals surface area contributed by atoms with E-state index in [0.29, 0.717) is 18.4 Å². The zero-order valence-electron chi connectivity index (χ0n) is 19.6. The molecule has 1 aliphatic rings. The number of hydrogen-bond acceptors (Lipinski definition) is 4. The first-order chi connectivity index (χ1) is 15.7. The summed E-state index contributed by atoms with van der Waals surface area (Å²) >= 11 is 0. The molecule has 1 aliphatic carbocycles. The first-order valence-electron chi connectivity index (χ1n) is 12.4. The lowest BCUT2D eigenvalue weighted by Crippen LogP contribution is -2.13. The van der Waals surface area contributed by atoms with E-state index in [4.69, 9.17) is 19.2 Å². The molecule has 0 aliphatic heterocycles. The number of ether oxygens (including phenoxy) is 1. The lowest BCUT2D eigenvalue weighted by atomic mass is 9.80. The van der Waals surface area contributed by atoms with Crippen LogP contribution in [-0.4, -0.2) is 23.3 Å². The highest BCUT2D eigenvalue weighted by Crippen LogP contribution is 2.40. The summed E-state index contributed by atoms with van der Waals surface area (Å²) in [5.41, 5.74) is 6.71. The lowest BCUT2D eigenvalue weighted by Gasteiger charge is -2.28. The summed E-state index contributed by atoms with van der Waals surface area (Å²) < 4.78 is 12.6. The third kappa shape index (κ3) is 5.41. The zero-order chi connectivity index (χ0) is 22.3. The van der Waals surface area contributed by atoms with Gasteiger partial charge in [-0.3, -0.25) is 0 Å². The second-order valence-electron chi connectivity index (χ2n) is 9.25. The number of aliphatic hydroxyl groups is 1. The molecule has 1 fully saturated rings. The molecule has 1 heterocycles. The van der Waals surface area contributed by atoms with Crippen molar-refractivity contribution >= 4 is 11.1 Å². The van der Waals surface area contributed by atoms with Crippen molar-refractivity contribution in [2.24, 2.45) is 0 Å². The number of rotatable bonds is 10. The summed E-state index contributed by atoms with van der Waals surface area (Å²) in [6, 6.07) is 12.8. The number of hydrogen-bond donors (Lipinski definition) is 1. The van der Waals surface area contributed by atoms with Crippen LogP contribution in [0.4, 0.5) is 0 Å². The molecule has 0 saturated heterocycles.